The molecule has 4 aliphatic carbocycles. The summed E-state index contributed by atoms with van der Waals surface area (Å²) in [5, 5.41) is 0. The number of para-hydroxylation sites is 1. The fraction of sp³-hybridized carbons (Fsp3) is 0.115. The molecule has 62 heavy (non-hydrogen) atoms. The molecule has 13 rings (SSSR count). The lowest BCUT2D eigenvalue weighted by Gasteiger charge is -2.33. The molecule has 1 nitrogen and oxygen atoms in total. The van der Waals surface area contributed by atoms with Crippen molar-refractivity contribution in [3.8, 4) is 55.6 Å². The van der Waals surface area contributed by atoms with E-state index in [9.17, 15) is 0 Å². The molecule has 0 saturated heterocycles. The van der Waals surface area contributed by atoms with Gasteiger partial charge in [0.05, 0.1) is 16.8 Å². The van der Waals surface area contributed by atoms with Crippen LogP contribution in [0, 0.1) is 0 Å². The van der Waals surface area contributed by atoms with E-state index < -0.39 is 5.41 Å². The highest BCUT2D eigenvalue weighted by Gasteiger charge is 2.52. The summed E-state index contributed by atoms with van der Waals surface area (Å²) in [7, 11) is 0. The van der Waals surface area contributed by atoms with Crippen LogP contribution >= 0.6 is 0 Å². The van der Waals surface area contributed by atoms with Crippen molar-refractivity contribution in [1.82, 2.24) is 0 Å². The van der Waals surface area contributed by atoms with Gasteiger partial charge in [0, 0.05) is 27.6 Å². The van der Waals surface area contributed by atoms with Crippen molar-refractivity contribution in [3.05, 3.63) is 245 Å². The Balaban J connectivity index is 1.13. The second kappa shape index (κ2) is 12.4. The zero-order valence-corrected chi connectivity index (χ0v) is 35.5. The fourth-order valence-corrected chi connectivity index (χ4v) is 12.4. The highest BCUT2D eigenvalue weighted by Crippen LogP contribution is 2.65. The molecule has 0 atom stereocenters. The van der Waals surface area contributed by atoms with Crippen LogP contribution in [0.5, 0.6) is 0 Å². The minimum Gasteiger partial charge on any atom is -0.309 e. The minimum absolute atomic E-state index is 0.0967. The second-order valence-corrected chi connectivity index (χ2v) is 18.7. The third kappa shape index (κ3) is 4.38. The van der Waals surface area contributed by atoms with Crippen molar-refractivity contribution < 1.29 is 0 Å². The lowest BCUT2D eigenvalue weighted by atomic mass is 9.70. The number of hydrogen-bond acceptors (Lipinski definition) is 1. The van der Waals surface area contributed by atoms with Crippen LogP contribution in [-0.2, 0) is 16.2 Å². The van der Waals surface area contributed by atoms with Gasteiger partial charge in [0.25, 0.3) is 0 Å². The van der Waals surface area contributed by atoms with Crippen LogP contribution in [0.4, 0.5) is 17.1 Å². The predicted molar refractivity (Wildman–Crippen MR) is 258 cm³/mol. The lowest BCUT2D eigenvalue weighted by Crippen LogP contribution is -2.26. The van der Waals surface area contributed by atoms with Crippen molar-refractivity contribution in [1.29, 1.82) is 0 Å². The Hall–Kier alpha value is -7.22. The van der Waals surface area contributed by atoms with E-state index >= 15 is 0 Å². The first kappa shape index (κ1) is 35.5. The standard InChI is InChI=1S/C61H45N/c1-59(2)47-26-11-5-21-41(47)46-37-38(35-36-49(46)59)62(55-33-16-10-22-42(55)43-25-17-31-53-57(43)44-23-8-12-27-48(44)60(53,3)4)56-34-18-32-54-58(56)45-24-9-15-30-52(45)61(54)50-28-13-6-19-39(50)40-20-7-14-29-51(40)61/h5-37H,1-4H3. The topological polar surface area (TPSA) is 3.24 Å². The Morgan fingerprint density at radius 3 is 1.34 bits per heavy atom. The smallest absolute Gasteiger partial charge is 0.0726 e. The first-order valence-electron chi connectivity index (χ1n) is 22.1. The van der Waals surface area contributed by atoms with Gasteiger partial charge in [-0.1, -0.05) is 204 Å². The van der Waals surface area contributed by atoms with Gasteiger partial charge in [-0.05, 0) is 113 Å². The van der Waals surface area contributed by atoms with Gasteiger partial charge >= 0.3 is 0 Å². The summed E-state index contributed by atoms with van der Waals surface area (Å²) in [6.07, 6.45) is 0. The third-order valence-corrected chi connectivity index (χ3v) is 15.1. The van der Waals surface area contributed by atoms with Gasteiger partial charge in [-0.2, -0.15) is 0 Å². The van der Waals surface area contributed by atoms with Crippen molar-refractivity contribution in [2.24, 2.45) is 0 Å². The van der Waals surface area contributed by atoms with Gasteiger partial charge in [-0.3, -0.25) is 0 Å². The second-order valence-electron chi connectivity index (χ2n) is 18.7. The molecule has 0 bridgehead atoms. The molecule has 0 radical (unpaired) electrons. The van der Waals surface area contributed by atoms with E-state index in [-0.39, 0.29) is 10.8 Å². The Morgan fingerprint density at radius 1 is 0.274 bits per heavy atom. The van der Waals surface area contributed by atoms with Crippen LogP contribution < -0.4 is 4.90 Å². The zero-order chi connectivity index (χ0) is 41.5. The van der Waals surface area contributed by atoms with Gasteiger partial charge in [-0.15, -0.1) is 0 Å². The van der Waals surface area contributed by atoms with E-state index in [1.165, 1.54) is 106 Å². The molecule has 9 aromatic carbocycles. The molecule has 0 aromatic heterocycles. The summed E-state index contributed by atoms with van der Waals surface area (Å²) in [5.41, 5.74) is 26.7. The molecular formula is C61H45N. The van der Waals surface area contributed by atoms with Gasteiger partial charge in [0.15, 0.2) is 0 Å². The van der Waals surface area contributed by atoms with Crippen molar-refractivity contribution in [2.45, 2.75) is 43.9 Å². The summed E-state index contributed by atoms with van der Waals surface area (Å²) in [4.78, 5) is 2.59. The highest BCUT2D eigenvalue weighted by atomic mass is 15.1. The maximum atomic E-state index is 2.59. The largest absolute Gasteiger partial charge is 0.309 e. The maximum Gasteiger partial charge on any atom is 0.0726 e. The van der Waals surface area contributed by atoms with Crippen LogP contribution in [0.15, 0.2) is 200 Å². The van der Waals surface area contributed by atoms with Crippen molar-refractivity contribution in [2.75, 3.05) is 4.90 Å². The number of benzene rings is 9. The molecule has 294 valence electrons. The van der Waals surface area contributed by atoms with Crippen LogP contribution in [-0.4, -0.2) is 0 Å². The molecule has 0 unspecified atom stereocenters. The monoisotopic (exact) mass is 791 g/mol. The molecule has 4 aliphatic rings. The SMILES string of the molecule is CC1(C)c2ccccc2-c2cc(N(c3ccccc3-c3cccc4c3-c3ccccc3C4(C)C)c3cccc4c3-c3ccccc3C43c4ccccc4-c4ccccc43)ccc21. The Bertz CT molecular complexity index is 3330. The molecule has 0 aliphatic heterocycles. The highest BCUT2D eigenvalue weighted by molar-refractivity contribution is 6.04. The van der Waals surface area contributed by atoms with Gasteiger partial charge in [0.1, 0.15) is 0 Å². The quantitative estimate of drug-likeness (QED) is 0.172. The average molecular weight is 792 g/mol. The Labute approximate surface area is 364 Å². The number of anilines is 3. The van der Waals surface area contributed by atoms with E-state index in [4.69, 9.17) is 0 Å². The van der Waals surface area contributed by atoms with Gasteiger partial charge in [0.2, 0.25) is 0 Å². The van der Waals surface area contributed by atoms with Crippen molar-refractivity contribution >= 4 is 17.1 Å². The molecule has 0 amide bonds. The Morgan fingerprint density at radius 2 is 0.677 bits per heavy atom. The van der Waals surface area contributed by atoms with E-state index in [1.54, 1.807) is 0 Å². The van der Waals surface area contributed by atoms with E-state index in [0.29, 0.717) is 0 Å². The van der Waals surface area contributed by atoms with E-state index in [1.807, 2.05) is 0 Å². The molecule has 9 aromatic rings. The van der Waals surface area contributed by atoms with E-state index in [0.717, 1.165) is 11.4 Å². The summed E-state index contributed by atoms with van der Waals surface area (Å²) in [6.45, 7) is 9.50. The van der Waals surface area contributed by atoms with Crippen LogP contribution in [0.3, 0.4) is 0 Å². The average Bonchev–Trinajstić information content (AvgIpc) is 3.95. The summed E-state index contributed by atoms with van der Waals surface area (Å²) in [5.74, 6) is 0. The molecule has 1 spiro atoms. The number of hydrogen-bond donors (Lipinski definition) is 0. The summed E-state index contributed by atoms with van der Waals surface area (Å²) < 4.78 is 0. The van der Waals surface area contributed by atoms with Crippen molar-refractivity contribution in [3.63, 3.8) is 0 Å². The van der Waals surface area contributed by atoms with Crippen LogP contribution in [0.25, 0.3) is 55.6 Å². The van der Waals surface area contributed by atoms with Gasteiger partial charge in [-0.25, -0.2) is 0 Å². The molecular weight excluding hydrogens is 747 g/mol. The molecule has 0 saturated carbocycles. The normalized spacial score (nSPS) is 15.5. The number of nitrogens with zero attached hydrogens (tertiary/aromatic N) is 1. The summed E-state index contributed by atoms with van der Waals surface area (Å²) in [6, 6.07) is 75.9. The Kier molecular flexibility index (Phi) is 7.12. The predicted octanol–water partition coefficient (Wildman–Crippen LogP) is 15.8. The fourth-order valence-electron chi connectivity index (χ4n) is 12.4. The molecule has 0 heterocycles. The zero-order valence-electron chi connectivity index (χ0n) is 35.5. The number of rotatable bonds is 4. The van der Waals surface area contributed by atoms with E-state index in [2.05, 4.69) is 233 Å². The van der Waals surface area contributed by atoms with Gasteiger partial charge < -0.3 is 4.90 Å². The summed E-state index contributed by atoms with van der Waals surface area (Å²) >= 11 is 0. The molecule has 0 N–H and O–H groups in total. The lowest BCUT2D eigenvalue weighted by molar-refractivity contribution is 0.660. The molecule has 1 heteroatoms. The van der Waals surface area contributed by atoms with Crippen LogP contribution in [0.1, 0.15) is 72.2 Å². The first-order chi connectivity index (χ1) is 30.3. The minimum atomic E-state index is -0.448. The maximum absolute atomic E-state index is 2.59. The van der Waals surface area contributed by atoms with Crippen LogP contribution in [0.2, 0.25) is 0 Å². The third-order valence-electron chi connectivity index (χ3n) is 15.1. The number of fused-ring (bicyclic) bond motifs is 16. The first-order valence-corrected chi connectivity index (χ1v) is 22.1. The molecule has 0 fully saturated rings.